The first-order valence-corrected chi connectivity index (χ1v) is 6.66. The van der Waals surface area contributed by atoms with Gasteiger partial charge in [-0.1, -0.05) is 18.2 Å². The van der Waals surface area contributed by atoms with E-state index >= 15 is 0 Å². The van der Waals surface area contributed by atoms with Gasteiger partial charge in [0.15, 0.2) is 0 Å². The monoisotopic (exact) mass is 313 g/mol. The molecular weight excluding hydrogens is 298 g/mol. The van der Waals surface area contributed by atoms with Crippen LogP contribution in [0.2, 0.25) is 0 Å². The van der Waals surface area contributed by atoms with Crippen LogP contribution < -0.4 is 15.5 Å². The van der Waals surface area contributed by atoms with Gasteiger partial charge in [0.2, 0.25) is 0 Å². The second kappa shape index (κ2) is 7.60. The highest BCUT2D eigenvalue weighted by Gasteiger charge is 2.13. The number of methoxy groups -OCH3 is 1. The van der Waals surface area contributed by atoms with E-state index in [2.05, 4.69) is 15.8 Å². The Morgan fingerprint density at radius 2 is 1.91 bits per heavy atom. The Bertz CT molecular complexity index is 744. The standard InChI is InChI=1S/C16H15N3O4/c1-23-13-7-4-6-12(9-13)18-15(21)16(22)19-17-10-11-5-2-3-8-14(11)20/h2-10,20H,1H3,(H,18,21)(H,19,22). The van der Waals surface area contributed by atoms with Crippen LogP contribution in [0.4, 0.5) is 5.69 Å². The number of carbonyl (C=O) groups is 2. The summed E-state index contributed by atoms with van der Waals surface area (Å²) in [5.41, 5.74) is 2.93. The van der Waals surface area contributed by atoms with E-state index < -0.39 is 11.8 Å². The maximum Gasteiger partial charge on any atom is 0.329 e. The second-order valence-corrected chi connectivity index (χ2v) is 4.44. The third-order valence-electron chi connectivity index (χ3n) is 2.84. The van der Waals surface area contributed by atoms with Gasteiger partial charge in [-0.15, -0.1) is 0 Å². The molecule has 0 unspecified atom stereocenters. The zero-order valence-electron chi connectivity index (χ0n) is 12.3. The average Bonchev–Trinajstić information content (AvgIpc) is 2.56. The Morgan fingerprint density at radius 3 is 2.65 bits per heavy atom. The van der Waals surface area contributed by atoms with Crippen molar-refractivity contribution in [1.29, 1.82) is 0 Å². The van der Waals surface area contributed by atoms with Crippen molar-refractivity contribution in [2.24, 2.45) is 5.10 Å². The van der Waals surface area contributed by atoms with Crippen molar-refractivity contribution in [2.45, 2.75) is 0 Å². The van der Waals surface area contributed by atoms with Crippen molar-refractivity contribution < 1.29 is 19.4 Å². The van der Waals surface area contributed by atoms with E-state index in [4.69, 9.17) is 4.74 Å². The van der Waals surface area contributed by atoms with Crippen LogP contribution in [-0.2, 0) is 9.59 Å². The highest BCUT2D eigenvalue weighted by molar-refractivity contribution is 6.39. The number of amides is 2. The molecule has 0 saturated heterocycles. The summed E-state index contributed by atoms with van der Waals surface area (Å²) in [7, 11) is 1.50. The lowest BCUT2D eigenvalue weighted by Gasteiger charge is -2.05. The van der Waals surface area contributed by atoms with Gasteiger partial charge in [-0.3, -0.25) is 9.59 Å². The van der Waals surface area contributed by atoms with E-state index in [0.29, 0.717) is 17.0 Å². The predicted molar refractivity (Wildman–Crippen MR) is 85.5 cm³/mol. The van der Waals surface area contributed by atoms with Crippen molar-refractivity contribution in [3.05, 3.63) is 54.1 Å². The number of hydrogen-bond acceptors (Lipinski definition) is 5. The molecule has 23 heavy (non-hydrogen) atoms. The molecular formula is C16H15N3O4. The second-order valence-electron chi connectivity index (χ2n) is 4.44. The van der Waals surface area contributed by atoms with Crippen molar-refractivity contribution in [2.75, 3.05) is 12.4 Å². The van der Waals surface area contributed by atoms with Gasteiger partial charge in [-0.05, 0) is 24.3 Å². The number of aromatic hydroxyl groups is 1. The smallest absolute Gasteiger partial charge is 0.329 e. The van der Waals surface area contributed by atoms with E-state index in [1.54, 1.807) is 42.5 Å². The average molecular weight is 313 g/mol. The molecule has 0 saturated carbocycles. The molecule has 0 aliphatic rings. The minimum atomic E-state index is -0.931. The van der Waals surface area contributed by atoms with Crippen molar-refractivity contribution in [1.82, 2.24) is 5.43 Å². The predicted octanol–water partition coefficient (Wildman–Crippen LogP) is 1.49. The van der Waals surface area contributed by atoms with Crippen LogP contribution in [0.3, 0.4) is 0 Å². The van der Waals surface area contributed by atoms with Crippen LogP contribution in [0.1, 0.15) is 5.56 Å². The number of anilines is 1. The van der Waals surface area contributed by atoms with Crippen LogP contribution in [0.15, 0.2) is 53.6 Å². The molecule has 2 rings (SSSR count). The van der Waals surface area contributed by atoms with E-state index in [1.807, 2.05) is 0 Å². The zero-order chi connectivity index (χ0) is 16.7. The molecule has 7 heteroatoms. The summed E-state index contributed by atoms with van der Waals surface area (Å²) < 4.78 is 5.02. The van der Waals surface area contributed by atoms with Gasteiger partial charge < -0.3 is 15.2 Å². The van der Waals surface area contributed by atoms with Gasteiger partial charge >= 0.3 is 11.8 Å². The summed E-state index contributed by atoms with van der Waals surface area (Å²) in [6.45, 7) is 0. The summed E-state index contributed by atoms with van der Waals surface area (Å²) in [6, 6.07) is 13.1. The molecule has 0 aliphatic heterocycles. The molecule has 0 atom stereocenters. The number of hydrogen-bond donors (Lipinski definition) is 3. The summed E-state index contributed by atoms with van der Waals surface area (Å²) >= 11 is 0. The van der Waals surface area contributed by atoms with Crippen molar-refractivity contribution in [3.63, 3.8) is 0 Å². The normalized spacial score (nSPS) is 10.3. The number of ether oxygens (including phenoxy) is 1. The Morgan fingerprint density at radius 1 is 1.13 bits per heavy atom. The largest absolute Gasteiger partial charge is 0.507 e. The SMILES string of the molecule is COc1cccc(NC(=O)C(=O)NN=Cc2ccccc2O)c1. The number of rotatable bonds is 4. The fourth-order valence-electron chi connectivity index (χ4n) is 1.70. The lowest BCUT2D eigenvalue weighted by atomic mass is 10.2. The van der Waals surface area contributed by atoms with Crippen LogP contribution in [0, 0.1) is 0 Å². The molecule has 2 aromatic rings. The number of nitrogens with zero attached hydrogens (tertiary/aromatic N) is 1. The number of para-hydroxylation sites is 1. The van der Waals surface area contributed by atoms with Crippen molar-refractivity contribution >= 4 is 23.7 Å². The maximum absolute atomic E-state index is 11.7. The Hall–Kier alpha value is -3.35. The fourth-order valence-corrected chi connectivity index (χ4v) is 1.70. The third-order valence-corrected chi connectivity index (χ3v) is 2.84. The van der Waals surface area contributed by atoms with Crippen molar-refractivity contribution in [3.8, 4) is 11.5 Å². The first-order valence-electron chi connectivity index (χ1n) is 6.66. The minimum absolute atomic E-state index is 0.0198. The summed E-state index contributed by atoms with van der Waals surface area (Å²) in [4.78, 5) is 23.4. The molecule has 0 aliphatic carbocycles. The van der Waals surface area contributed by atoms with Crippen LogP contribution in [0.5, 0.6) is 11.5 Å². The Kier molecular flexibility index (Phi) is 5.30. The van der Waals surface area contributed by atoms with E-state index in [-0.39, 0.29) is 5.75 Å². The topological polar surface area (TPSA) is 100 Å². The molecule has 7 nitrogen and oxygen atoms in total. The minimum Gasteiger partial charge on any atom is -0.507 e. The molecule has 2 aromatic carbocycles. The molecule has 2 amide bonds. The van der Waals surface area contributed by atoms with E-state index in [9.17, 15) is 14.7 Å². The highest BCUT2D eigenvalue weighted by Crippen LogP contribution is 2.16. The maximum atomic E-state index is 11.7. The molecule has 0 aromatic heterocycles. The fraction of sp³-hybridized carbons (Fsp3) is 0.0625. The van der Waals surface area contributed by atoms with Gasteiger partial charge in [-0.2, -0.15) is 5.10 Å². The number of benzene rings is 2. The van der Waals surface area contributed by atoms with Gasteiger partial charge in [0, 0.05) is 17.3 Å². The van der Waals surface area contributed by atoms with Crippen LogP contribution >= 0.6 is 0 Å². The quantitative estimate of drug-likeness (QED) is 0.452. The Labute approximate surface area is 132 Å². The molecule has 0 radical (unpaired) electrons. The third kappa shape index (κ3) is 4.57. The summed E-state index contributed by atoms with van der Waals surface area (Å²) in [5, 5.41) is 15.6. The number of carbonyl (C=O) groups excluding carboxylic acids is 2. The molecule has 0 bridgehead atoms. The van der Waals surface area contributed by atoms with Gasteiger partial charge in [0.05, 0.1) is 13.3 Å². The first-order chi connectivity index (χ1) is 11.1. The zero-order valence-corrected chi connectivity index (χ0v) is 12.3. The lowest BCUT2D eigenvalue weighted by molar-refractivity contribution is -0.136. The molecule has 118 valence electrons. The molecule has 0 spiro atoms. The van der Waals surface area contributed by atoms with Crippen LogP contribution in [-0.4, -0.2) is 30.2 Å². The van der Waals surface area contributed by atoms with Gasteiger partial charge in [0.1, 0.15) is 11.5 Å². The highest BCUT2D eigenvalue weighted by atomic mass is 16.5. The van der Waals surface area contributed by atoms with E-state index in [1.165, 1.54) is 19.4 Å². The number of nitrogens with one attached hydrogen (secondary N) is 2. The number of phenols is 1. The number of hydrazone groups is 1. The lowest BCUT2D eigenvalue weighted by Crippen LogP contribution is -2.32. The molecule has 0 heterocycles. The van der Waals surface area contributed by atoms with Gasteiger partial charge in [0.25, 0.3) is 0 Å². The van der Waals surface area contributed by atoms with Crippen LogP contribution in [0.25, 0.3) is 0 Å². The molecule has 0 fully saturated rings. The molecule has 3 N–H and O–H groups in total. The number of phenolic OH excluding ortho intramolecular Hbond substituents is 1. The first kappa shape index (κ1) is 16.0. The Balaban J connectivity index is 1.92. The van der Waals surface area contributed by atoms with Gasteiger partial charge in [-0.25, -0.2) is 5.43 Å². The van der Waals surface area contributed by atoms with E-state index in [0.717, 1.165) is 0 Å². The summed E-state index contributed by atoms with van der Waals surface area (Å²) in [5.74, 6) is -1.22. The summed E-state index contributed by atoms with van der Waals surface area (Å²) in [6.07, 6.45) is 1.24.